The summed E-state index contributed by atoms with van der Waals surface area (Å²) in [5, 5.41) is 9.58. The molecule has 3 atom stereocenters. The zero-order valence-electron chi connectivity index (χ0n) is 16.6. The van der Waals surface area contributed by atoms with Gasteiger partial charge < -0.3 is 14.6 Å². The standard InChI is InChI=1S/C20H32O6/c1-13(2)17(21)25-15(5)9-8-11-20(7,19(23)24)12-10-16(6)26-18(22)14(3)4/h15-16H,1,3,8-12H2,2,4-7H3,(H,23,24). The Hall–Kier alpha value is -2.11. The minimum absolute atomic E-state index is 0.298. The maximum Gasteiger partial charge on any atom is 0.333 e. The predicted molar refractivity (Wildman–Crippen MR) is 99.6 cm³/mol. The van der Waals surface area contributed by atoms with E-state index < -0.39 is 23.3 Å². The Bertz CT molecular complexity index is 551. The second-order valence-corrected chi connectivity index (χ2v) is 7.29. The Morgan fingerprint density at radius 1 is 0.923 bits per heavy atom. The molecule has 148 valence electrons. The number of rotatable bonds is 12. The Labute approximate surface area is 156 Å². The number of carboxylic acid groups (broad SMARTS) is 1. The fourth-order valence-corrected chi connectivity index (χ4v) is 2.32. The van der Waals surface area contributed by atoms with Gasteiger partial charge in [0.2, 0.25) is 0 Å². The van der Waals surface area contributed by atoms with Crippen LogP contribution < -0.4 is 0 Å². The number of carbonyl (C=O) groups excluding carboxylic acids is 2. The highest BCUT2D eigenvalue weighted by atomic mass is 16.5. The lowest BCUT2D eigenvalue weighted by molar-refractivity contribution is -0.150. The van der Waals surface area contributed by atoms with Crippen molar-refractivity contribution in [2.75, 3.05) is 0 Å². The minimum Gasteiger partial charge on any atom is -0.481 e. The lowest BCUT2D eigenvalue weighted by Crippen LogP contribution is -2.30. The lowest BCUT2D eigenvalue weighted by Gasteiger charge is -2.27. The van der Waals surface area contributed by atoms with E-state index in [0.29, 0.717) is 43.3 Å². The maximum absolute atomic E-state index is 11.7. The molecule has 0 amide bonds. The molecule has 6 heteroatoms. The van der Waals surface area contributed by atoms with E-state index in [-0.39, 0.29) is 12.2 Å². The van der Waals surface area contributed by atoms with Gasteiger partial charge in [0.25, 0.3) is 0 Å². The van der Waals surface area contributed by atoms with Crippen LogP contribution in [0.5, 0.6) is 0 Å². The zero-order chi connectivity index (χ0) is 20.5. The fraction of sp³-hybridized carbons (Fsp3) is 0.650. The van der Waals surface area contributed by atoms with Crippen LogP contribution in [0.15, 0.2) is 24.3 Å². The SMILES string of the molecule is C=C(C)C(=O)OC(C)CCCC(C)(CCC(C)OC(=O)C(=C)C)C(=O)O. The Kier molecular flexibility index (Phi) is 9.91. The van der Waals surface area contributed by atoms with Crippen molar-refractivity contribution in [3.05, 3.63) is 24.3 Å². The average Bonchev–Trinajstić information content (AvgIpc) is 2.52. The minimum atomic E-state index is -0.929. The van der Waals surface area contributed by atoms with Crippen molar-refractivity contribution < 1.29 is 29.0 Å². The van der Waals surface area contributed by atoms with Crippen molar-refractivity contribution in [3.8, 4) is 0 Å². The topological polar surface area (TPSA) is 89.9 Å². The molecular formula is C20H32O6. The van der Waals surface area contributed by atoms with E-state index in [0.717, 1.165) is 0 Å². The van der Waals surface area contributed by atoms with E-state index in [2.05, 4.69) is 13.2 Å². The summed E-state index contributed by atoms with van der Waals surface area (Å²) < 4.78 is 10.4. The summed E-state index contributed by atoms with van der Waals surface area (Å²) in [6.45, 7) is 15.4. The van der Waals surface area contributed by atoms with Crippen LogP contribution in [0.3, 0.4) is 0 Å². The number of hydrogen-bond donors (Lipinski definition) is 1. The van der Waals surface area contributed by atoms with Crippen LogP contribution in [0.1, 0.15) is 66.7 Å². The molecule has 0 aromatic heterocycles. The summed E-state index contributed by atoms with van der Waals surface area (Å²) in [5.74, 6) is -1.79. The van der Waals surface area contributed by atoms with Crippen molar-refractivity contribution >= 4 is 17.9 Å². The van der Waals surface area contributed by atoms with E-state index in [1.165, 1.54) is 0 Å². The molecule has 0 bridgehead atoms. The normalized spacial score (nSPS) is 15.3. The van der Waals surface area contributed by atoms with Crippen LogP contribution in [-0.2, 0) is 23.9 Å². The highest BCUT2D eigenvalue weighted by Gasteiger charge is 2.33. The molecular weight excluding hydrogens is 336 g/mol. The van der Waals surface area contributed by atoms with Gasteiger partial charge in [-0.15, -0.1) is 0 Å². The molecule has 0 aliphatic rings. The molecule has 0 radical (unpaired) electrons. The van der Waals surface area contributed by atoms with Crippen LogP contribution >= 0.6 is 0 Å². The third-order valence-electron chi connectivity index (χ3n) is 4.27. The fourth-order valence-electron chi connectivity index (χ4n) is 2.32. The highest BCUT2D eigenvalue weighted by Crippen LogP contribution is 2.32. The maximum atomic E-state index is 11.7. The molecule has 6 nitrogen and oxygen atoms in total. The molecule has 0 aromatic carbocycles. The van der Waals surface area contributed by atoms with Crippen LogP contribution in [-0.4, -0.2) is 35.2 Å². The molecule has 0 aromatic rings. The van der Waals surface area contributed by atoms with Crippen molar-refractivity contribution in [2.45, 2.75) is 78.9 Å². The molecule has 0 fully saturated rings. The average molecular weight is 368 g/mol. The second kappa shape index (κ2) is 10.8. The van der Waals surface area contributed by atoms with Crippen LogP contribution in [0, 0.1) is 5.41 Å². The van der Waals surface area contributed by atoms with Crippen LogP contribution in [0.25, 0.3) is 0 Å². The summed E-state index contributed by atoms with van der Waals surface area (Å²) in [5.41, 5.74) is -0.274. The van der Waals surface area contributed by atoms with Gasteiger partial charge in [-0.25, -0.2) is 9.59 Å². The quantitative estimate of drug-likeness (QED) is 0.413. The smallest absolute Gasteiger partial charge is 0.333 e. The van der Waals surface area contributed by atoms with Gasteiger partial charge in [0.05, 0.1) is 17.6 Å². The summed E-state index contributed by atoms with van der Waals surface area (Å²) in [6.07, 6.45) is 1.77. The molecule has 0 spiro atoms. The Balaban J connectivity index is 4.50. The molecule has 3 unspecified atom stereocenters. The number of ether oxygens (including phenoxy) is 2. The largest absolute Gasteiger partial charge is 0.481 e. The molecule has 0 heterocycles. The number of carbonyl (C=O) groups is 3. The van der Waals surface area contributed by atoms with Gasteiger partial charge in [0, 0.05) is 11.1 Å². The first-order chi connectivity index (χ1) is 11.9. The molecule has 1 N–H and O–H groups in total. The highest BCUT2D eigenvalue weighted by molar-refractivity contribution is 5.87. The number of esters is 2. The zero-order valence-corrected chi connectivity index (χ0v) is 16.6. The van der Waals surface area contributed by atoms with E-state index in [1.807, 2.05) is 0 Å². The first-order valence-corrected chi connectivity index (χ1v) is 8.85. The number of aliphatic carboxylic acids is 1. The van der Waals surface area contributed by atoms with Gasteiger partial charge in [-0.05, 0) is 66.7 Å². The van der Waals surface area contributed by atoms with Crippen LogP contribution in [0.2, 0.25) is 0 Å². The summed E-state index contributed by atoms with van der Waals surface area (Å²) in [4.78, 5) is 34.7. The molecule has 0 aliphatic carbocycles. The molecule has 0 saturated heterocycles. The van der Waals surface area contributed by atoms with Gasteiger partial charge in [0.1, 0.15) is 0 Å². The third-order valence-corrected chi connectivity index (χ3v) is 4.27. The van der Waals surface area contributed by atoms with Crippen LogP contribution in [0.4, 0.5) is 0 Å². The first-order valence-electron chi connectivity index (χ1n) is 8.85. The van der Waals surface area contributed by atoms with Crippen molar-refractivity contribution in [3.63, 3.8) is 0 Å². The van der Waals surface area contributed by atoms with Gasteiger partial charge in [-0.2, -0.15) is 0 Å². The molecule has 0 aliphatic heterocycles. The number of carboxylic acids is 1. The van der Waals surface area contributed by atoms with E-state index >= 15 is 0 Å². The Morgan fingerprint density at radius 3 is 1.73 bits per heavy atom. The predicted octanol–water partition coefficient (Wildman–Crippen LogP) is 4.04. The third kappa shape index (κ3) is 8.83. The summed E-state index contributed by atoms with van der Waals surface area (Å²) in [6, 6.07) is 0. The van der Waals surface area contributed by atoms with E-state index in [1.54, 1.807) is 34.6 Å². The molecule has 26 heavy (non-hydrogen) atoms. The first kappa shape index (κ1) is 23.9. The van der Waals surface area contributed by atoms with Crippen molar-refractivity contribution in [2.24, 2.45) is 5.41 Å². The monoisotopic (exact) mass is 368 g/mol. The Morgan fingerprint density at radius 2 is 1.35 bits per heavy atom. The van der Waals surface area contributed by atoms with Crippen molar-refractivity contribution in [1.82, 2.24) is 0 Å². The van der Waals surface area contributed by atoms with E-state index in [9.17, 15) is 19.5 Å². The van der Waals surface area contributed by atoms with Gasteiger partial charge in [-0.3, -0.25) is 4.79 Å². The second-order valence-electron chi connectivity index (χ2n) is 7.29. The molecule has 0 saturated carbocycles. The van der Waals surface area contributed by atoms with E-state index in [4.69, 9.17) is 9.47 Å². The number of hydrogen-bond acceptors (Lipinski definition) is 5. The lowest BCUT2D eigenvalue weighted by atomic mass is 9.80. The van der Waals surface area contributed by atoms with Gasteiger partial charge in [0.15, 0.2) is 0 Å². The van der Waals surface area contributed by atoms with Crippen molar-refractivity contribution in [1.29, 1.82) is 0 Å². The van der Waals surface area contributed by atoms with Gasteiger partial charge >= 0.3 is 17.9 Å². The van der Waals surface area contributed by atoms with Gasteiger partial charge in [-0.1, -0.05) is 13.2 Å². The summed E-state index contributed by atoms with van der Waals surface area (Å²) in [7, 11) is 0. The molecule has 0 rings (SSSR count). The summed E-state index contributed by atoms with van der Waals surface area (Å²) >= 11 is 0.